The molecule has 0 radical (unpaired) electrons. The van der Waals surface area contributed by atoms with E-state index in [1.165, 1.54) is 18.2 Å². The van der Waals surface area contributed by atoms with Crippen molar-refractivity contribution in [2.45, 2.75) is 26.2 Å². The van der Waals surface area contributed by atoms with E-state index in [4.69, 9.17) is 4.42 Å². The minimum Gasteiger partial charge on any atom is -0.436 e. The van der Waals surface area contributed by atoms with Crippen LogP contribution in [-0.4, -0.2) is 10.9 Å². The maximum atomic E-state index is 13.9. The monoisotopic (exact) mass is 460 g/mol. The van der Waals surface area contributed by atoms with Crippen LogP contribution in [0.2, 0.25) is 0 Å². The Hall–Kier alpha value is -3.75. The van der Waals surface area contributed by atoms with Crippen LogP contribution in [-0.2, 0) is 0 Å². The zero-order valence-corrected chi connectivity index (χ0v) is 17.5. The van der Waals surface area contributed by atoms with Gasteiger partial charge in [0, 0.05) is 11.3 Å². The second-order valence-electron chi connectivity index (χ2n) is 7.54. The number of fused-ring (bicyclic) bond motifs is 1. The van der Waals surface area contributed by atoms with E-state index in [-0.39, 0.29) is 11.6 Å². The molecule has 1 N–H and O–H groups in total. The number of amides is 1. The third-order valence-electron chi connectivity index (χ3n) is 5.40. The average Bonchev–Trinajstić information content (AvgIpc) is 3.25. The molecule has 1 aromatic heterocycles. The molecule has 0 saturated heterocycles. The van der Waals surface area contributed by atoms with Crippen LogP contribution >= 0.6 is 0 Å². The topological polar surface area (TPSA) is 55.1 Å². The van der Waals surface area contributed by atoms with Crippen molar-refractivity contribution in [3.8, 4) is 11.5 Å². The van der Waals surface area contributed by atoms with Crippen molar-refractivity contribution >= 4 is 22.7 Å². The molecule has 0 saturated carbocycles. The lowest BCUT2D eigenvalue weighted by molar-refractivity contribution is 0.101. The van der Waals surface area contributed by atoms with Crippen molar-refractivity contribution in [2.24, 2.45) is 0 Å². The van der Waals surface area contributed by atoms with E-state index in [0.29, 0.717) is 22.6 Å². The molecule has 4 aromatic rings. The number of rotatable bonds is 5. The molecule has 170 valence electrons. The molecule has 0 aliphatic carbocycles. The molecule has 1 atom stereocenters. The van der Waals surface area contributed by atoms with Crippen molar-refractivity contribution in [2.75, 3.05) is 5.32 Å². The predicted octanol–water partition coefficient (Wildman–Crippen LogP) is 6.96. The maximum Gasteiger partial charge on any atom is 0.261 e. The first-order valence-corrected chi connectivity index (χ1v) is 10.0. The summed E-state index contributed by atoms with van der Waals surface area (Å²) in [6.45, 7) is 4.17. The minimum atomic E-state index is -2.34. The Morgan fingerprint density at radius 2 is 1.64 bits per heavy atom. The quantitative estimate of drug-likeness (QED) is 0.199. The van der Waals surface area contributed by atoms with Gasteiger partial charge in [-0.05, 0) is 48.2 Å². The number of halogens is 5. The summed E-state index contributed by atoms with van der Waals surface area (Å²) in [6, 6.07) is 11.6. The number of anilines is 1. The van der Waals surface area contributed by atoms with Crippen LogP contribution in [0.15, 0.2) is 46.9 Å². The minimum absolute atomic E-state index is 0.0454. The zero-order chi connectivity index (χ0) is 23.9. The fraction of sp³-hybridized carbons (Fsp3) is 0.167. The molecule has 0 unspecified atom stereocenters. The molecule has 0 spiro atoms. The third kappa shape index (κ3) is 4.06. The van der Waals surface area contributed by atoms with Crippen molar-refractivity contribution in [1.82, 2.24) is 4.98 Å². The van der Waals surface area contributed by atoms with E-state index in [1.807, 2.05) is 18.2 Å². The van der Waals surface area contributed by atoms with Crippen molar-refractivity contribution in [1.29, 1.82) is 0 Å². The third-order valence-corrected chi connectivity index (χ3v) is 5.40. The van der Waals surface area contributed by atoms with Gasteiger partial charge in [-0.3, -0.25) is 4.79 Å². The van der Waals surface area contributed by atoms with Gasteiger partial charge in [0.2, 0.25) is 11.7 Å². The first kappa shape index (κ1) is 22.4. The van der Waals surface area contributed by atoms with Crippen LogP contribution in [0.3, 0.4) is 0 Å². The first-order valence-electron chi connectivity index (χ1n) is 10.0. The van der Waals surface area contributed by atoms with Crippen molar-refractivity contribution < 1.29 is 31.2 Å². The summed E-state index contributed by atoms with van der Waals surface area (Å²) < 4.78 is 73.7. The van der Waals surface area contributed by atoms with Gasteiger partial charge in [0.25, 0.3) is 5.91 Å². The molecule has 1 amide bonds. The number of carbonyl (C=O) groups is 1. The molecule has 0 aliphatic heterocycles. The summed E-state index contributed by atoms with van der Waals surface area (Å²) in [6.07, 6.45) is 0.959. The highest BCUT2D eigenvalue weighted by Gasteiger charge is 2.29. The highest BCUT2D eigenvalue weighted by atomic mass is 19.2. The van der Waals surface area contributed by atoms with E-state index in [9.17, 15) is 26.7 Å². The van der Waals surface area contributed by atoms with E-state index in [2.05, 4.69) is 24.1 Å². The van der Waals surface area contributed by atoms with Gasteiger partial charge < -0.3 is 9.73 Å². The summed E-state index contributed by atoms with van der Waals surface area (Å²) in [5.74, 6) is -12.1. The summed E-state index contributed by atoms with van der Waals surface area (Å²) in [5, 5.41) is 2.15. The van der Waals surface area contributed by atoms with Crippen molar-refractivity contribution in [3.63, 3.8) is 0 Å². The molecular formula is C24H17F5N2O2. The second-order valence-corrected chi connectivity index (χ2v) is 7.54. The number of hydrogen-bond acceptors (Lipinski definition) is 3. The van der Waals surface area contributed by atoms with Crippen molar-refractivity contribution in [3.05, 3.63) is 82.7 Å². The summed E-state index contributed by atoms with van der Waals surface area (Å²) >= 11 is 0. The van der Waals surface area contributed by atoms with Gasteiger partial charge in [0.05, 0.1) is 0 Å². The summed E-state index contributed by atoms with van der Waals surface area (Å²) in [7, 11) is 0. The lowest BCUT2D eigenvalue weighted by Gasteiger charge is -2.09. The Kier molecular flexibility index (Phi) is 5.88. The van der Waals surface area contributed by atoms with Crippen LogP contribution in [0.1, 0.15) is 42.1 Å². The lowest BCUT2D eigenvalue weighted by atomic mass is 9.98. The number of oxazole rings is 1. The van der Waals surface area contributed by atoms with Gasteiger partial charge >= 0.3 is 0 Å². The number of aromatic nitrogens is 1. The highest BCUT2D eigenvalue weighted by molar-refractivity contribution is 6.05. The van der Waals surface area contributed by atoms with E-state index >= 15 is 0 Å². The van der Waals surface area contributed by atoms with E-state index < -0.39 is 40.6 Å². The number of nitrogens with zero attached hydrogens (tertiary/aromatic N) is 1. The molecule has 0 fully saturated rings. The van der Waals surface area contributed by atoms with Crippen LogP contribution in [0, 0.1) is 29.1 Å². The number of carbonyl (C=O) groups excluding carboxylic acids is 1. The number of nitrogens with one attached hydrogen (secondary N) is 1. The van der Waals surface area contributed by atoms with Gasteiger partial charge in [-0.15, -0.1) is 0 Å². The molecule has 4 nitrogen and oxygen atoms in total. The van der Waals surface area contributed by atoms with Gasteiger partial charge in [-0.2, -0.15) is 0 Å². The van der Waals surface area contributed by atoms with Gasteiger partial charge in [-0.25, -0.2) is 26.9 Å². The Morgan fingerprint density at radius 1 is 0.970 bits per heavy atom. The molecule has 0 aliphatic rings. The Morgan fingerprint density at radius 3 is 2.30 bits per heavy atom. The fourth-order valence-corrected chi connectivity index (χ4v) is 3.34. The molecule has 4 rings (SSSR count). The van der Waals surface area contributed by atoms with Gasteiger partial charge in [0.1, 0.15) is 11.1 Å². The molecule has 1 heterocycles. The predicted molar refractivity (Wildman–Crippen MR) is 112 cm³/mol. The van der Waals surface area contributed by atoms with Crippen LogP contribution < -0.4 is 5.32 Å². The smallest absolute Gasteiger partial charge is 0.261 e. The normalized spacial score (nSPS) is 12.2. The zero-order valence-electron chi connectivity index (χ0n) is 17.5. The summed E-state index contributed by atoms with van der Waals surface area (Å²) in [4.78, 5) is 16.8. The first-order chi connectivity index (χ1) is 15.7. The molecule has 3 aromatic carbocycles. The van der Waals surface area contributed by atoms with Gasteiger partial charge in [-0.1, -0.05) is 26.0 Å². The fourth-order valence-electron chi connectivity index (χ4n) is 3.34. The molecule has 0 bridgehead atoms. The van der Waals surface area contributed by atoms with Crippen LogP contribution in [0.25, 0.3) is 22.6 Å². The molecule has 9 heteroatoms. The van der Waals surface area contributed by atoms with Gasteiger partial charge in [0.15, 0.2) is 28.9 Å². The number of benzene rings is 3. The second kappa shape index (κ2) is 8.65. The van der Waals surface area contributed by atoms with E-state index in [0.717, 1.165) is 12.0 Å². The maximum absolute atomic E-state index is 13.9. The SMILES string of the molecule is CC[C@H](C)c1ccc2oc(-c3cccc(NC(=O)c4c(F)c(F)c(F)c(F)c4F)c3)nc2c1. The summed E-state index contributed by atoms with van der Waals surface area (Å²) in [5.41, 5.74) is 1.20. The largest absolute Gasteiger partial charge is 0.436 e. The number of hydrogen-bond donors (Lipinski definition) is 1. The molecule has 33 heavy (non-hydrogen) atoms. The standard InChI is InChI=1S/C24H17F5N2O2/c1-3-11(2)12-7-8-16-15(10-12)31-24(33-16)13-5-4-6-14(9-13)30-23(32)17-18(25)20(27)22(29)21(28)19(17)26/h4-11H,3H2,1-2H3,(H,30,32)/t11-/m0/s1. The highest BCUT2D eigenvalue weighted by Crippen LogP contribution is 2.30. The Bertz CT molecular complexity index is 1350. The lowest BCUT2D eigenvalue weighted by Crippen LogP contribution is -2.19. The Labute approximate surface area is 185 Å². The van der Waals surface area contributed by atoms with Crippen LogP contribution in [0.4, 0.5) is 27.6 Å². The average molecular weight is 460 g/mol. The Balaban J connectivity index is 1.65. The van der Waals surface area contributed by atoms with Crippen LogP contribution in [0.5, 0.6) is 0 Å². The van der Waals surface area contributed by atoms with E-state index in [1.54, 1.807) is 6.07 Å². The molecular weight excluding hydrogens is 443 g/mol.